The quantitative estimate of drug-likeness (QED) is 0.773. The van der Waals surface area contributed by atoms with E-state index in [2.05, 4.69) is 49.7 Å². The average molecular weight is 244 g/mol. The Bertz CT molecular complexity index is 194. The van der Waals surface area contributed by atoms with Crippen molar-refractivity contribution in [2.24, 2.45) is 0 Å². The molecule has 16 heavy (non-hydrogen) atoms. The summed E-state index contributed by atoms with van der Waals surface area (Å²) in [6.45, 7) is 14.0. The fraction of sp³-hybridized carbons (Fsp3) is 1.00. The second kappa shape index (κ2) is 6.87. The second-order valence-electron chi connectivity index (χ2n) is 5.33. The second-order valence-corrected chi connectivity index (χ2v) is 7.13. The minimum Gasteiger partial charge on any atom is -0.315 e. The van der Waals surface area contributed by atoms with Crippen LogP contribution in [0.3, 0.4) is 0 Å². The highest BCUT2D eigenvalue weighted by Gasteiger charge is 2.30. The van der Waals surface area contributed by atoms with Gasteiger partial charge >= 0.3 is 0 Å². The van der Waals surface area contributed by atoms with E-state index in [0.717, 1.165) is 19.1 Å². The van der Waals surface area contributed by atoms with Gasteiger partial charge in [-0.25, -0.2) is 0 Å². The third-order valence-corrected chi connectivity index (χ3v) is 4.52. The lowest BCUT2D eigenvalue weighted by molar-refractivity contribution is 0.174. The van der Waals surface area contributed by atoms with Gasteiger partial charge in [-0.15, -0.1) is 0 Å². The van der Waals surface area contributed by atoms with Crippen molar-refractivity contribution in [1.29, 1.82) is 0 Å². The van der Waals surface area contributed by atoms with Gasteiger partial charge in [0.2, 0.25) is 0 Å². The van der Waals surface area contributed by atoms with Crippen LogP contribution in [0.2, 0.25) is 0 Å². The summed E-state index contributed by atoms with van der Waals surface area (Å²) in [6, 6.07) is 0.741. The van der Waals surface area contributed by atoms with Crippen molar-refractivity contribution in [2.75, 3.05) is 31.9 Å². The van der Waals surface area contributed by atoms with E-state index in [1.54, 1.807) is 0 Å². The van der Waals surface area contributed by atoms with Crippen molar-refractivity contribution in [2.45, 2.75) is 51.3 Å². The number of nitrogens with one attached hydrogen (secondary N) is 1. The number of likely N-dealkylation sites (N-methyl/N-ethyl adjacent to an activating group) is 1. The molecule has 1 unspecified atom stereocenters. The Kier molecular flexibility index (Phi) is 6.16. The summed E-state index contributed by atoms with van der Waals surface area (Å²) in [6.07, 6.45) is 2.62. The summed E-state index contributed by atoms with van der Waals surface area (Å²) in [5, 5.41) is 3.51. The highest BCUT2D eigenvalue weighted by Crippen LogP contribution is 2.30. The van der Waals surface area contributed by atoms with Crippen molar-refractivity contribution in [3.8, 4) is 0 Å². The molecule has 1 heterocycles. The maximum absolute atomic E-state index is 3.51. The number of nitrogens with zero attached hydrogens (tertiary/aromatic N) is 1. The lowest BCUT2D eigenvalue weighted by atomic mass is 10.1. The highest BCUT2D eigenvalue weighted by molar-refractivity contribution is 8.00. The van der Waals surface area contributed by atoms with Crippen molar-refractivity contribution in [3.63, 3.8) is 0 Å². The van der Waals surface area contributed by atoms with Gasteiger partial charge in [0.1, 0.15) is 0 Å². The Hall–Kier alpha value is 0.270. The predicted molar refractivity (Wildman–Crippen MR) is 75.3 cm³/mol. The van der Waals surface area contributed by atoms with Crippen LogP contribution in [0.5, 0.6) is 0 Å². The third kappa shape index (κ3) is 4.64. The molecule has 96 valence electrons. The Morgan fingerprint density at radius 1 is 1.38 bits per heavy atom. The molecule has 0 aromatic rings. The summed E-state index contributed by atoms with van der Waals surface area (Å²) in [5.41, 5.74) is 0. The third-order valence-electron chi connectivity index (χ3n) is 3.22. The monoisotopic (exact) mass is 244 g/mol. The van der Waals surface area contributed by atoms with Crippen LogP contribution in [0.1, 0.15) is 40.5 Å². The molecule has 0 aromatic carbocycles. The Morgan fingerprint density at radius 3 is 2.69 bits per heavy atom. The summed E-state index contributed by atoms with van der Waals surface area (Å²) in [5.74, 6) is 1.29. The van der Waals surface area contributed by atoms with Gasteiger partial charge in [0, 0.05) is 36.2 Å². The van der Waals surface area contributed by atoms with E-state index >= 15 is 0 Å². The van der Waals surface area contributed by atoms with E-state index in [1.807, 2.05) is 0 Å². The van der Waals surface area contributed by atoms with Gasteiger partial charge in [0.15, 0.2) is 0 Å². The standard InChI is InChI=1S/C13H28N2S/c1-5-7-12(10-14-6-2)15-8-9-16-13(3,4)11-15/h12,14H,5-11H2,1-4H3. The Morgan fingerprint density at radius 2 is 2.12 bits per heavy atom. The molecule has 0 bridgehead atoms. The van der Waals surface area contributed by atoms with Crippen molar-refractivity contribution >= 4 is 11.8 Å². The summed E-state index contributed by atoms with van der Waals surface area (Å²) in [7, 11) is 0. The normalized spacial score (nSPS) is 23.2. The van der Waals surface area contributed by atoms with E-state index in [-0.39, 0.29) is 0 Å². The largest absolute Gasteiger partial charge is 0.315 e. The van der Waals surface area contributed by atoms with Crippen LogP contribution in [0.25, 0.3) is 0 Å². The van der Waals surface area contributed by atoms with Crippen LogP contribution in [0.15, 0.2) is 0 Å². The van der Waals surface area contributed by atoms with Crippen molar-refractivity contribution in [1.82, 2.24) is 10.2 Å². The fourth-order valence-corrected chi connectivity index (χ4v) is 3.56. The zero-order valence-electron chi connectivity index (χ0n) is 11.4. The molecule has 0 spiro atoms. The first kappa shape index (κ1) is 14.3. The maximum Gasteiger partial charge on any atom is 0.0231 e. The lowest BCUT2D eigenvalue weighted by Gasteiger charge is -2.42. The molecular weight excluding hydrogens is 216 g/mol. The summed E-state index contributed by atoms with van der Waals surface area (Å²) in [4.78, 5) is 2.70. The first-order chi connectivity index (χ1) is 7.59. The molecule has 2 nitrogen and oxygen atoms in total. The van der Waals surface area contributed by atoms with Crippen LogP contribution in [-0.2, 0) is 0 Å². The van der Waals surface area contributed by atoms with Gasteiger partial charge in [-0.05, 0) is 26.8 Å². The summed E-state index contributed by atoms with van der Waals surface area (Å²) < 4.78 is 0.441. The minimum absolute atomic E-state index is 0.441. The molecule has 1 saturated heterocycles. The number of hydrogen-bond acceptors (Lipinski definition) is 3. The zero-order valence-corrected chi connectivity index (χ0v) is 12.2. The molecule has 1 N–H and O–H groups in total. The molecule has 0 aliphatic carbocycles. The Labute approximate surface area is 106 Å². The number of hydrogen-bond donors (Lipinski definition) is 1. The fourth-order valence-electron chi connectivity index (χ4n) is 2.42. The van der Waals surface area contributed by atoms with E-state index in [9.17, 15) is 0 Å². The van der Waals surface area contributed by atoms with Crippen LogP contribution in [0.4, 0.5) is 0 Å². The molecular formula is C13H28N2S. The molecule has 0 aromatic heterocycles. The van der Waals surface area contributed by atoms with Gasteiger partial charge in [-0.2, -0.15) is 11.8 Å². The van der Waals surface area contributed by atoms with Crippen molar-refractivity contribution < 1.29 is 0 Å². The smallest absolute Gasteiger partial charge is 0.0231 e. The minimum atomic E-state index is 0.441. The predicted octanol–water partition coefficient (Wildman–Crippen LogP) is 2.59. The van der Waals surface area contributed by atoms with Gasteiger partial charge in [0.05, 0.1) is 0 Å². The van der Waals surface area contributed by atoms with E-state index in [4.69, 9.17) is 0 Å². The maximum atomic E-state index is 3.51. The zero-order chi connectivity index (χ0) is 12.0. The van der Waals surface area contributed by atoms with Gasteiger partial charge in [0.25, 0.3) is 0 Å². The molecule has 1 atom stereocenters. The van der Waals surface area contributed by atoms with Gasteiger partial charge < -0.3 is 5.32 Å². The first-order valence-corrected chi connectivity index (χ1v) is 7.66. The molecule has 1 rings (SSSR count). The Balaban J connectivity index is 2.48. The van der Waals surface area contributed by atoms with Gasteiger partial charge in [-0.1, -0.05) is 20.3 Å². The van der Waals surface area contributed by atoms with Crippen LogP contribution >= 0.6 is 11.8 Å². The molecule has 3 heteroatoms. The molecule has 0 saturated carbocycles. The molecule has 1 aliphatic rings. The highest BCUT2D eigenvalue weighted by atomic mass is 32.2. The molecule has 0 amide bonds. The molecule has 1 fully saturated rings. The molecule has 1 aliphatic heterocycles. The van der Waals surface area contributed by atoms with Gasteiger partial charge in [-0.3, -0.25) is 4.90 Å². The van der Waals surface area contributed by atoms with Crippen LogP contribution in [0, 0.1) is 0 Å². The summed E-state index contributed by atoms with van der Waals surface area (Å²) >= 11 is 2.12. The van der Waals surface area contributed by atoms with Crippen LogP contribution < -0.4 is 5.32 Å². The van der Waals surface area contributed by atoms with E-state index in [1.165, 1.54) is 31.7 Å². The van der Waals surface area contributed by atoms with E-state index < -0.39 is 0 Å². The first-order valence-electron chi connectivity index (χ1n) is 6.67. The molecule has 0 radical (unpaired) electrons. The number of rotatable bonds is 6. The van der Waals surface area contributed by atoms with Crippen LogP contribution in [-0.4, -0.2) is 47.6 Å². The number of thioether (sulfide) groups is 1. The van der Waals surface area contributed by atoms with Crippen molar-refractivity contribution in [3.05, 3.63) is 0 Å². The topological polar surface area (TPSA) is 15.3 Å². The van der Waals surface area contributed by atoms with E-state index in [0.29, 0.717) is 4.75 Å². The SMILES string of the molecule is CCCC(CNCC)N1CCSC(C)(C)C1. The average Bonchev–Trinajstić information content (AvgIpc) is 2.22. The lowest BCUT2D eigenvalue weighted by Crippen LogP contribution is -2.51.